The van der Waals surface area contributed by atoms with E-state index in [-0.39, 0.29) is 17.7 Å². The molecular formula is C25H27N3O3S. The highest BCUT2D eigenvalue weighted by Gasteiger charge is 2.22. The summed E-state index contributed by atoms with van der Waals surface area (Å²) >= 11 is 1.59. The summed E-state index contributed by atoms with van der Waals surface area (Å²) in [7, 11) is 0. The Kier molecular flexibility index (Phi) is 7.17. The number of rotatable bonds is 8. The van der Waals surface area contributed by atoms with Crippen molar-refractivity contribution in [3.63, 3.8) is 0 Å². The zero-order valence-corrected chi connectivity index (χ0v) is 18.9. The number of hydrogen-bond donors (Lipinski definition) is 2. The average molecular weight is 450 g/mol. The van der Waals surface area contributed by atoms with Crippen molar-refractivity contribution in [2.45, 2.75) is 45.8 Å². The number of hydrogen-bond acceptors (Lipinski definition) is 5. The molecule has 7 heteroatoms. The number of carbonyl (C=O) groups is 2. The van der Waals surface area contributed by atoms with E-state index < -0.39 is 0 Å². The van der Waals surface area contributed by atoms with Gasteiger partial charge in [0.1, 0.15) is 12.4 Å². The summed E-state index contributed by atoms with van der Waals surface area (Å²) in [6, 6.07) is 14.7. The quantitative estimate of drug-likeness (QED) is 0.502. The average Bonchev–Trinajstić information content (AvgIpc) is 3.49. The van der Waals surface area contributed by atoms with Crippen LogP contribution in [0.3, 0.4) is 0 Å². The maximum Gasteiger partial charge on any atom is 0.251 e. The summed E-state index contributed by atoms with van der Waals surface area (Å²) in [5.41, 5.74) is 3.16. The van der Waals surface area contributed by atoms with E-state index in [2.05, 4.69) is 15.6 Å². The van der Waals surface area contributed by atoms with Crippen LogP contribution in [0.1, 0.15) is 52.3 Å². The third-order valence-corrected chi connectivity index (χ3v) is 6.37. The van der Waals surface area contributed by atoms with E-state index in [4.69, 9.17) is 4.74 Å². The molecule has 1 aromatic heterocycles. The lowest BCUT2D eigenvalue weighted by molar-refractivity contribution is -0.119. The molecule has 2 amide bonds. The standard InChI is InChI=1S/C25H27N3O3S/c1-17-27-22(16-32-17)15-31-23-11-9-20(10-12-23)24(29)26-14-18-5-4-8-21(13-18)28-25(30)19-6-2-3-7-19/h4-5,8-13,16,19H,2-3,6-7,14-15H2,1H3,(H,26,29)(H,28,30). The first-order chi connectivity index (χ1) is 15.6. The van der Waals surface area contributed by atoms with Crippen molar-refractivity contribution < 1.29 is 14.3 Å². The topological polar surface area (TPSA) is 80.3 Å². The van der Waals surface area contributed by atoms with Gasteiger partial charge >= 0.3 is 0 Å². The number of nitrogens with zero attached hydrogens (tertiary/aromatic N) is 1. The van der Waals surface area contributed by atoms with Gasteiger partial charge in [-0.15, -0.1) is 11.3 Å². The molecule has 2 aromatic carbocycles. The van der Waals surface area contributed by atoms with E-state index in [0.717, 1.165) is 47.6 Å². The summed E-state index contributed by atoms with van der Waals surface area (Å²) in [5, 5.41) is 8.93. The Balaban J connectivity index is 1.27. The maximum absolute atomic E-state index is 12.5. The van der Waals surface area contributed by atoms with Crippen LogP contribution in [0.4, 0.5) is 5.69 Å². The van der Waals surface area contributed by atoms with Crippen LogP contribution in [-0.2, 0) is 17.9 Å². The highest BCUT2D eigenvalue weighted by Crippen LogP contribution is 2.26. The third-order valence-electron chi connectivity index (χ3n) is 5.54. The molecule has 0 radical (unpaired) electrons. The molecule has 6 nitrogen and oxygen atoms in total. The van der Waals surface area contributed by atoms with E-state index in [1.807, 2.05) is 36.6 Å². The molecule has 1 fully saturated rings. The minimum Gasteiger partial charge on any atom is -0.487 e. The first-order valence-electron chi connectivity index (χ1n) is 10.9. The summed E-state index contributed by atoms with van der Waals surface area (Å²) in [6.45, 7) is 2.75. The minimum atomic E-state index is -0.160. The van der Waals surface area contributed by atoms with Crippen LogP contribution in [-0.4, -0.2) is 16.8 Å². The highest BCUT2D eigenvalue weighted by atomic mass is 32.1. The van der Waals surface area contributed by atoms with Gasteiger partial charge < -0.3 is 15.4 Å². The van der Waals surface area contributed by atoms with Crippen molar-refractivity contribution in [2.24, 2.45) is 5.92 Å². The normalized spacial score (nSPS) is 13.7. The second-order valence-electron chi connectivity index (χ2n) is 8.02. The molecule has 1 aliphatic carbocycles. The number of carbonyl (C=O) groups excluding carboxylic acids is 2. The molecule has 1 saturated carbocycles. The number of amides is 2. The first-order valence-corrected chi connectivity index (χ1v) is 11.8. The van der Waals surface area contributed by atoms with Gasteiger partial charge in [0.05, 0.1) is 10.7 Å². The van der Waals surface area contributed by atoms with Gasteiger partial charge in [-0.2, -0.15) is 0 Å². The minimum absolute atomic E-state index is 0.0934. The van der Waals surface area contributed by atoms with Crippen molar-refractivity contribution in [3.8, 4) is 5.75 Å². The Hall–Kier alpha value is -3.19. The van der Waals surface area contributed by atoms with Crippen molar-refractivity contribution >= 4 is 28.8 Å². The molecule has 32 heavy (non-hydrogen) atoms. The third kappa shape index (κ3) is 5.95. The molecule has 0 bridgehead atoms. The lowest BCUT2D eigenvalue weighted by atomic mass is 10.1. The first kappa shape index (κ1) is 22.0. The van der Waals surface area contributed by atoms with Crippen molar-refractivity contribution in [1.29, 1.82) is 0 Å². The molecule has 0 aliphatic heterocycles. The molecular weight excluding hydrogens is 422 g/mol. The van der Waals surface area contributed by atoms with E-state index >= 15 is 0 Å². The molecule has 166 valence electrons. The zero-order chi connectivity index (χ0) is 22.3. The van der Waals surface area contributed by atoms with Gasteiger partial charge in [-0.25, -0.2) is 4.98 Å². The van der Waals surface area contributed by atoms with Gasteiger partial charge in [0.2, 0.25) is 5.91 Å². The number of aryl methyl sites for hydroxylation is 1. The smallest absolute Gasteiger partial charge is 0.251 e. The summed E-state index contributed by atoms with van der Waals surface area (Å²) in [4.78, 5) is 29.2. The Labute approximate surface area is 192 Å². The predicted octanol–water partition coefficient (Wildman–Crippen LogP) is 5.09. The molecule has 3 aromatic rings. The molecule has 2 N–H and O–H groups in total. The number of ether oxygens (including phenoxy) is 1. The van der Waals surface area contributed by atoms with Crippen LogP contribution >= 0.6 is 11.3 Å². The molecule has 0 unspecified atom stereocenters. The number of benzene rings is 2. The molecule has 1 aliphatic rings. The van der Waals surface area contributed by atoms with Crippen molar-refractivity contribution in [1.82, 2.24) is 10.3 Å². The second kappa shape index (κ2) is 10.4. The largest absolute Gasteiger partial charge is 0.487 e. The molecule has 4 rings (SSSR count). The Morgan fingerprint density at radius 3 is 2.62 bits per heavy atom. The van der Waals surface area contributed by atoms with Gasteiger partial charge in [-0.3, -0.25) is 9.59 Å². The molecule has 0 atom stereocenters. The summed E-state index contributed by atoms with van der Waals surface area (Å²) in [6.07, 6.45) is 4.19. The Bertz CT molecular complexity index is 1070. The maximum atomic E-state index is 12.5. The Morgan fingerprint density at radius 2 is 1.91 bits per heavy atom. The number of thiazole rings is 1. The van der Waals surface area contributed by atoms with Crippen molar-refractivity contribution in [2.75, 3.05) is 5.32 Å². The van der Waals surface area contributed by atoms with Gasteiger partial charge in [0.25, 0.3) is 5.91 Å². The van der Waals surface area contributed by atoms with E-state index in [1.54, 1.807) is 35.6 Å². The second-order valence-corrected chi connectivity index (χ2v) is 9.09. The SMILES string of the molecule is Cc1nc(COc2ccc(C(=O)NCc3cccc(NC(=O)C4CCCC4)c3)cc2)cs1. The lowest BCUT2D eigenvalue weighted by Crippen LogP contribution is -2.23. The fraction of sp³-hybridized carbons (Fsp3) is 0.320. The van der Waals surface area contributed by atoms with E-state index in [0.29, 0.717) is 24.5 Å². The van der Waals surface area contributed by atoms with Crippen LogP contribution in [0.2, 0.25) is 0 Å². The van der Waals surface area contributed by atoms with Crippen LogP contribution in [0.25, 0.3) is 0 Å². The van der Waals surface area contributed by atoms with Gasteiger partial charge in [-0.05, 0) is 61.7 Å². The predicted molar refractivity (Wildman–Crippen MR) is 126 cm³/mol. The van der Waals surface area contributed by atoms with Crippen molar-refractivity contribution in [3.05, 3.63) is 75.7 Å². The number of anilines is 1. The fourth-order valence-corrected chi connectivity index (χ4v) is 4.41. The lowest BCUT2D eigenvalue weighted by Gasteiger charge is -2.12. The number of nitrogens with one attached hydrogen (secondary N) is 2. The van der Waals surface area contributed by atoms with E-state index in [9.17, 15) is 9.59 Å². The van der Waals surface area contributed by atoms with Crippen LogP contribution < -0.4 is 15.4 Å². The molecule has 1 heterocycles. The summed E-state index contributed by atoms with van der Waals surface area (Å²) < 4.78 is 5.73. The monoisotopic (exact) mass is 449 g/mol. The number of aromatic nitrogens is 1. The summed E-state index contributed by atoms with van der Waals surface area (Å²) in [5.74, 6) is 0.747. The van der Waals surface area contributed by atoms with Crippen LogP contribution in [0.5, 0.6) is 5.75 Å². The van der Waals surface area contributed by atoms with Gasteiger partial charge in [0.15, 0.2) is 0 Å². The molecule has 0 spiro atoms. The fourth-order valence-electron chi connectivity index (χ4n) is 3.81. The van der Waals surface area contributed by atoms with E-state index in [1.165, 1.54) is 0 Å². The van der Waals surface area contributed by atoms with Gasteiger partial charge in [-0.1, -0.05) is 25.0 Å². The van der Waals surface area contributed by atoms with Crippen LogP contribution in [0, 0.1) is 12.8 Å². The molecule has 0 saturated heterocycles. The zero-order valence-electron chi connectivity index (χ0n) is 18.1. The highest BCUT2D eigenvalue weighted by molar-refractivity contribution is 7.09. The Morgan fingerprint density at radius 1 is 1.12 bits per heavy atom. The van der Waals surface area contributed by atoms with Crippen LogP contribution in [0.15, 0.2) is 53.9 Å². The van der Waals surface area contributed by atoms with Gasteiger partial charge in [0, 0.05) is 29.1 Å².